The van der Waals surface area contributed by atoms with Crippen molar-refractivity contribution in [2.75, 3.05) is 0 Å². The number of nitrogens with zero attached hydrogens (tertiary/aromatic N) is 1. The lowest BCUT2D eigenvalue weighted by Gasteiger charge is -1.96. The summed E-state index contributed by atoms with van der Waals surface area (Å²) >= 11 is 2.91. The van der Waals surface area contributed by atoms with E-state index >= 15 is 0 Å². The van der Waals surface area contributed by atoms with Gasteiger partial charge in [-0.3, -0.25) is 10.1 Å². The number of hydrogen-bond acceptors (Lipinski definition) is 3. The lowest BCUT2D eigenvalue weighted by Crippen LogP contribution is -1.97. The van der Waals surface area contributed by atoms with Gasteiger partial charge in [-0.25, -0.2) is 4.79 Å². The van der Waals surface area contributed by atoms with E-state index in [1.54, 1.807) is 0 Å². The normalized spacial score (nSPS) is 8.93. The number of carboxylic acid groups (broad SMARTS) is 1. The summed E-state index contributed by atoms with van der Waals surface area (Å²) in [7, 11) is 0. The standard InChI is InChI=1S/C7H4BrNO4.ClH/c8-5-3-4(7(10)11)1-2-6(5)9(12)13;/h1-3H,(H,10,11);1H. The molecule has 76 valence electrons. The third kappa shape index (κ3) is 2.68. The largest absolute Gasteiger partial charge is 0.478 e. The highest BCUT2D eigenvalue weighted by Crippen LogP contribution is 2.25. The quantitative estimate of drug-likeness (QED) is 0.667. The number of aromatic carboxylic acids is 1. The average molecular weight is 282 g/mol. The van der Waals surface area contributed by atoms with Crippen molar-refractivity contribution in [3.05, 3.63) is 38.3 Å². The van der Waals surface area contributed by atoms with Gasteiger partial charge in [0.15, 0.2) is 0 Å². The molecule has 0 atom stereocenters. The lowest BCUT2D eigenvalue weighted by atomic mass is 10.2. The second kappa shape index (κ2) is 4.92. The number of nitro benzene ring substituents is 1. The van der Waals surface area contributed by atoms with Crippen LogP contribution in [-0.2, 0) is 0 Å². The molecular weight excluding hydrogens is 277 g/mol. The third-order valence-corrected chi connectivity index (χ3v) is 2.03. The third-order valence-electron chi connectivity index (χ3n) is 1.39. The molecule has 0 bridgehead atoms. The van der Waals surface area contributed by atoms with E-state index in [0.717, 1.165) is 6.07 Å². The van der Waals surface area contributed by atoms with Crippen molar-refractivity contribution in [1.82, 2.24) is 0 Å². The van der Waals surface area contributed by atoms with Gasteiger partial charge in [-0.2, -0.15) is 0 Å². The average Bonchev–Trinajstić information content (AvgIpc) is 2.03. The number of benzene rings is 1. The van der Waals surface area contributed by atoms with Crippen LogP contribution in [0.25, 0.3) is 0 Å². The smallest absolute Gasteiger partial charge is 0.335 e. The lowest BCUT2D eigenvalue weighted by molar-refractivity contribution is -0.385. The van der Waals surface area contributed by atoms with Crippen LogP contribution in [0.2, 0.25) is 0 Å². The van der Waals surface area contributed by atoms with Crippen LogP contribution < -0.4 is 0 Å². The van der Waals surface area contributed by atoms with Crippen LogP contribution in [0.1, 0.15) is 10.4 Å². The first-order chi connectivity index (χ1) is 6.02. The van der Waals surface area contributed by atoms with E-state index in [2.05, 4.69) is 15.9 Å². The fourth-order valence-electron chi connectivity index (χ4n) is 0.788. The topological polar surface area (TPSA) is 80.4 Å². The number of nitro groups is 1. The van der Waals surface area contributed by atoms with Gasteiger partial charge in [0, 0.05) is 6.07 Å². The van der Waals surface area contributed by atoms with E-state index in [-0.39, 0.29) is 28.1 Å². The number of carboxylic acids is 1. The van der Waals surface area contributed by atoms with E-state index in [0.29, 0.717) is 0 Å². The Bertz CT molecular complexity index is 382. The Labute approximate surface area is 93.4 Å². The van der Waals surface area contributed by atoms with Gasteiger partial charge in [-0.15, -0.1) is 12.4 Å². The second-order valence-corrected chi connectivity index (χ2v) is 3.08. The van der Waals surface area contributed by atoms with Gasteiger partial charge in [0.25, 0.3) is 5.69 Å². The molecule has 1 rings (SSSR count). The van der Waals surface area contributed by atoms with Gasteiger partial charge in [0.1, 0.15) is 0 Å². The molecule has 1 aromatic rings. The maximum atomic E-state index is 10.4. The van der Waals surface area contributed by atoms with E-state index in [4.69, 9.17) is 5.11 Å². The Balaban J connectivity index is 0.00000169. The van der Waals surface area contributed by atoms with E-state index in [1.165, 1.54) is 12.1 Å². The Morgan fingerprint density at radius 1 is 1.50 bits per heavy atom. The molecule has 0 aliphatic heterocycles. The summed E-state index contributed by atoms with van der Waals surface area (Å²) in [5, 5.41) is 18.9. The number of rotatable bonds is 2. The molecule has 0 saturated carbocycles. The fraction of sp³-hybridized carbons (Fsp3) is 0. The Hall–Kier alpha value is -1.14. The predicted octanol–water partition coefficient (Wildman–Crippen LogP) is 2.48. The maximum absolute atomic E-state index is 10.4. The molecular formula is C7H5BrClNO4. The zero-order valence-electron chi connectivity index (χ0n) is 6.64. The fourth-order valence-corrected chi connectivity index (χ4v) is 1.31. The second-order valence-electron chi connectivity index (χ2n) is 2.23. The van der Waals surface area contributed by atoms with Crippen molar-refractivity contribution in [3.63, 3.8) is 0 Å². The summed E-state index contributed by atoms with van der Waals surface area (Å²) < 4.78 is 0.164. The highest BCUT2D eigenvalue weighted by molar-refractivity contribution is 9.10. The van der Waals surface area contributed by atoms with Gasteiger partial charge in [-0.1, -0.05) is 0 Å². The Kier molecular flexibility index (Phi) is 4.52. The van der Waals surface area contributed by atoms with Gasteiger partial charge < -0.3 is 5.11 Å². The number of hydrogen-bond donors (Lipinski definition) is 1. The summed E-state index contributed by atoms with van der Waals surface area (Å²) in [6.07, 6.45) is 0. The Morgan fingerprint density at radius 3 is 2.43 bits per heavy atom. The zero-order valence-corrected chi connectivity index (χ0v) is 9.04. The first-order valence-corrected chi connectivity index (χ1v) is 3.99. The molecule has 0 aromatic heterocycles. The molecule has 1 N–H and O–H groups in total. The first-order valence-electron chi connectivity index (χ1n) is 3.19. The maximum Gasteiger partial charge on any atom is 0.335 e. The zero-order chi connectivity index (χ0) is 10.0. The monoisotopic (exact) mass is 281 g/mol. The summed E-state index contributed by atoms with van der Waals surface area (Å²) in [4.78, 5) is 20.2. The molecule has 14 heavy (non-hydrogen) atoms. The van der Waals surface area contributed by atoms with Crippen LogP contribution in [0.15, 0.2) is 22.7 Å². The molecule has 0 fully saturated rings. The first kappa shape index (κ1) is 12.9. The molecule has 0 heterocycles. The number of carbonyl (C=O) groups is 1. The molecule has 0 unspecified atom stereocenters. The van der Waals surface area contributed by atoms with Gasteiger partial charge >= 0.3 is 5.97 Å². The van der Waals surface area contributed by atoms with Crippen LogP contribution in [-0.4, -0.2) is 16.0 Å². The van der Waals surface area contributed by atoms with Gasteiger partial charge in [-0.05, 0) is 28.1 Å². The van der Waals surface area contributed by atoms with Crippen molar-refractivity contribution in [3.8, 4) is 0 Å². The minimum absolute atomic E-state index is 0. The van der Waals surface area contributed by atoms with Crippen molar-refractivity contribution < 1.29 is 14.8 Å². The predicted molar refractivity (Wildman–Crippen MR) is 55.0 cm³/mol. The van der Waals surface area contributed by atoms with Crippen molar-refractivity contribution >= 4 is 40.0 Å². The molecule has 0 spiro atoms. The van der Waals surface area contributed by atoms with Crippen LogP contribution in [0.5, 0.6) is 0 Å². The minimum atomic E-state index is -1.12. The summed E-state index contributed by atoms with van der Waals surface area (Å²) in [6, 6.07) is 3.53. The van der Waals surface area contributed by atoms with Gasteiger partial charge in [0.05, 0.1) is 15.0 Å². The van der Waals surface area contributed by atoms with Crippen molar-refractivity contribution in [2.24, 2.45) is 0 Å². The molecule has 0 saturated heterocycles. The van der Waals surface area contributed by atoms with Crippen molar-refractivity contribution in [1.29, 1.82) is 0 Å². The highest BCUT2D eigenvalue weighted by atomic mass is 79.9. The Morgan fingerprint density at radius 2 is 2.07 bits per heavy atom. The van der Waals surface area contributed by atoms with Crippen LogP contribution in [0.3, 0.4) is 0 Å². The molecule has 0 amide bonds. The molecule has 0 radical (unpaired) electrons. The van der Waals surface area contributed by atoms with Crippen LogP contribution >= 0.6 is 28.3 Å². The van der Waals surface area contributed by atoms with E-state index < -0.39 is 10.9 Å². The summed E-state index contributed by atoms with van der Waals surface area (Å²) in [5.74, 6) is -1.12. The molecule has 7 heteroatoms. The molecule has 1 aromatic carbocycles. The van der Waals surface area contributed by atoms with Crippen LogP contribution in [0, 0.1) is 10.1 Å². The molecule has 0 aliphatic carbocycles. The SMILES string of the molecule is Cl.O=C(O)c1ccc([N+](=O)[O-])c(Br)c1. The van der Waals surface area contributed by atoms with E-state index in [9.17, 15) is 14.9 Å². The molecule has 0 aliphatic rings. The van der Waals surface area contributed by atoms with Gasteiger partial charge in [0.2, 0.25) is 0 Å². The molecule has 5 nitrogen and oxygen atoms in total. The van der Waals surface area contributed by atoms with Crippen LogP contribution in [0.4, 0.5) is 5.69 Å². The van der Waals surface area contributed by atoms with Crippen molar-refractivity contribution in [2.45, 2.75) is 0 Å². The summed E-state index contributed by atoms with van der Waals surface area (Å²) in [5.41, 5.74) is -0.137. The van der Waals surface area contributed by atoms with E-state index in [1.807, 2.05) is 0 Å². The summed E-state index contributed by atoms with van der Waals surface area (Å²) in [6.45, 7) is 0. The highest BCUT2D eigenvalue weighted by Gasteiger charge is 2.13. The number of halogens is 2. The minimum Gasteiger partial charge on any atom is -0.478 e.